The van der Waals surface area contributed by atoms with Crippen molar-refractivity contribution < 1.29 is 0 Å². The summed E-state index contributed by atoms with van der Waals surface area (Å²) in [5.74, 6) is 0. The summed E-state index contributed by atoms with van der Waals surface area (Å²) in [5, 5.41) is 12.7. The minimum absolute atomic E-state index is 0.712. The fourth-order valence-corrected chi connectivity index (χ4v) is 2.54. The van der Waals surface area contributed by atoms with Crippen molar-refractivity contribution in [2.24, 2.45) is 14.1 Å². The smallest absolute Gasteiger partial charge is 0.100 e. The lowest BCUT2D eigenvalue weighted by molar-refractivity contribution is 0.687. The average Bonchev–Trinajstić information content (AvgIpc) is 3.05. The Kier molecular flexibility index (Phi) is 2.93. The highest BCUT2D eigenvalue weighted by molar-refractivity contribution is 5.67. The molecule has 0 spiro atoms. The number of rotatable bonds is 4. The van der Waals surface area contributed by atoms with Gasteiger partial charge in [0.15, 0.2) is 0 Å². The van der Waals surface area contributed by atoms with E-state index in [-0.39, 0.29) is 0 Å². The van der Waals surface area contributed by atoms with E-state index < -0.39 is 0 Å². The van der Waals surface area contributed by atoms with E-state index in [1.165, 1.54) is 29.7 Å². The maximum atomic E-state index is 4.64. The molecule has 1 saturated carbocycles. The third kappa shape index (κ3) is 2.30. The minimum Gasteiger partial charge on any atom is -0.310 e. The first-order valence-electron chi connectivity index (χ1n) is 6.82. The molecule has 3 rings (SSSR count). The van der Waals surface area contributed by atoms with E-state index in [1.807, 2.05) is 23.5 Å². The zero-order valence-electron chi connectivity index (χ0n) is 12.1. The Hall–Kier alpha value is -1.62. The van der Waals surface area contributed by atoms with E-state index in [1.54, 1.807) is 0 Å². The SMILES string of the molecule is Cc1nn(C)c(C)c1-c1nn(C)cc1CNC1CC1. The van der Waals surface area contributed by atoms with Crippen LogP contribution in [-0.4, -0.2) is 25.6 Å². The van der Waals surface area contributed by atoms with Gasteiger partial charge in [0.2, 0.25) is 0 Å². The first-order chi connectivity index (χ1) is 9.06. The normalized spacial score (nSPS) is 15.2. The topological polar surface area (TPSA) is 47.7 Å². The lowest BCUT2D eigenvalue weighted by atomic mass is 10.1. The van der Waals surface area contributed by atoms with Gasteiger partial charge in [-0.05, 0) is 26.7 Å². The summed E-state index contributed by atoms with van der Waals surface area (Å²) in [6.45, 7) is 5.04. The quantitative estimate of drug-likeness (QED) is 0.909. The van der Waals surface area contributed by atoms with Crippen molar-refractivity contribution in [1.29, 1.82) is 0 Å². The first kappa shape index (κ1) is 12.4. The zero-order chi connectivity index (χ0) is 13.6. The first-order valence-corrected chi connectivity index (χ1v) is 6.82. The number of nitrogens with one attached hydrogen (secondary N) is 1. The maximum absolute atomic E-state index is 4.64. The molecular weight excluding hydrogens is 238 g/mol. The molecule has 102 valence electrons. The molecule has 2 heterocycles. The summed E-state index contributed by atoms with van der Waals surface area (Å²) in [6.07, 6.45) is 4.72. The fourth-order valence-electron chi connectivity index (χ4n) is 2.54. The highest BCUT2D eigenvalue weighted by Gasteiger charge is 2.23. The third-order valence-electron chi connectivity index (χ3n) is 3.81. The molecule has 5 nitrogen and oxygen atoms in total. The molecule has 2 aromatic heterocycles. The lowest BCUT2D eigenvalue weighted by Gasteiger charge is -2.04. The predicted molar refractivity (Wildman–Crippen MR) is 74.7 cm³/mol. The summed E-state index contributed by atoms with van der Waals surface area (Å²) in [4.78, 5) is 0. The van der Waals surface area contributed by atoms with Crippen LogP contribution in [0.3, 0.4) is 0 Å². The second-order valence-corrected chi connectivity index (χ2v) is 5.50. The summed E-state index contributed by atoms with van der Waals surface area (Å²) < 4.78 is 3.82. The summed E-state index contributed by atoms with van der Waals surface area (Å²) in [7, 11) is 3.96. The van der Waals surface area contributed by atoms with Gasteiger partial charge in [0.25, 0.3) is 0 Å². The van der Waals surface area contributed by atoms with E-state index >= 15 is 0 Å². The van der Waals surface area contributed by atoms with Crippen molar-refractivity contribution in [2.75, 3.05) is 0 Å². The molecule has 19 heavy (non-hydrogen) atoms. The van der Waals surface area contributed by atoms with Crippen LogP contribution in [0.5, 0.6) is 0 Å². The van der Waals surface area contributed by atoms with Crippen LogP contribution >= 0.6 is 0 Å². The van der Waals surface area contributed by atoms with Crippen molar-refractivity contribution in [2.45, 2.75) is 39.3 Å². The number of hydrogen-bond donors (Lipinski definition) is 1. The van der Waals surface area contributed by atoms with Gasteiger partial charge in [0.05, 0.1) is 5.69 Å². The summed E-state index contributed by atoms with van der Waals surface area (Å²) >= 11 is 0. The molecule has 0 atom stereocenters. The third-order valence-corrected chi connectivity index (χ3v) is 3.81. The Labute approximate surface area is 113 Å². The van der Waals surface area contributed by atoms with Gasteiger partial charge < -0.3 is 5.32 Å². The Morgan fingerprint density at radius 1 is 1.26 bits per heavy atom. The highest BCUT2D eigenvalue weighted by Crippen LogP contribution is 2.29. The van der Waals surface area contributed by atoms with Gasteiger partial charge in [-0.2, -0.15) is 10.2 Å². The molecule has 0 unspecified atom stereocenters. The van der Waals surface area contributed by atoms with Crippen LogP contribution in [0, 0.1) is 13.8 Å². The highest BCUT2D eigenvalue weighted by atomic mass is 15.3. The number of aryl methyl sites for hydroxylation is 3. The lowest BCUT2D eigenvalue weighted by Crippen LogP contribution is -2.15. The zero-order valence-corrected chi connectivity index (χ0v) is 12.1. The molecule has 2 aromatic rings. The van der Waals surface area contributed by atoms with Gasteiger partial charge in [-0.15, -0.1) is 0 Å². The van der Waals surface area contributed by atoms with E-state index in [0.29, 0.717) is 6.04 Å². The predicted octanol–water partition coefficient (Wildman–Crippen LogP) is 1.69. The van der Waals surface area contributed by atoms with Gasteiger partial charge in [0, 0.05) is 49.7 Å². The van der Waals surface area contributed by atoms with Gasteiger partial charge in [0.1, 0.15) is 5.69 Å². The average molecular weight is 259 g/mol. The summed E-state index contributed by atoms with van der Waals surface area (Å²) in [6, 6.07) is 0.712. The largest absolute Gasteiger partial charge is 0.310 e. The van der Waals surface area contributed by atoms with Crippen molar-refractivity contribution in [3.8, 4) is 11.3 Å². The van der Waals surface area contributed by atoms with E-state index in [2.05, 4.69) is 35.6 Å². The van der Waals surface area contributed by atoms with Gasteiger partial charge in [-0.1, -0.05) is 0 Å². The maximum Gasteiger partial charge on any atom is 0.100 e. The molecule has 1 aliphatic carbocycles. The fraction of sp³-hybridized carbons (Fsp3) is 0.571. The van der Waals surface area contributed by atoms with E-state index in [0.717, 1.165) is 17.9 Å². The molecule has 0 saturated heterocycles. The Bertz CT molecular complexity index is 604. The standard InChI is InChI=1S/C14H21N5/c1-9-13(10(2)19(4)16-9)14-11(8-18(3)17-14)7-15-12-5-6-12/h8,12,15H,5-7H2,1-4H3. The van der Waals surface area contributed by atoms with Crippen LogP contribution in [0.15, 0.2) is 6.20 Å². The number of nitrogens with zero attached hydrogens (tertiary/aromatic N) is 4. The Morgan fingerprint density at radius 2 is 2.00 bits per heavy atom. The van der Waals surface area contributed by atoms with Crippen molar-refractivity contribution >= 4 is 0 Å². The molecule has 0 aliphatic heterocycles. The molecule has 0 bridgehead atoms. The van der Waals surface area contributed by atoms with Crippen LogP contribution in [0.2, 0.25) is 0 Å². The van der Waals surface area contributed by atoms with Crippen LogP contribution in [0.25, 0.3) is 11.3 Å². The molecule has 1 fully saturated rings. The van der Waals surface area contributed by atoms with Crippen molar-refractivity contribution in [3.05, 3.63) is 23.1 Å². The van der Waals surface area contributed by atoms with Crippen LogP contribution in [0.1, 0.15) is 29.8 Å². The second-order valence-electron chi connectivity index (χ2n) is 5.50. The molecular formula is C14H21N5. The van der Waals surface area contributed by atoms with Crippen molar-refractivity contribution in [1.82, 2.24) is 24.9 Å². The van der Waals surface area contributed by atoms with Crippen molar-refractivity contribution in [3.63, 3.8) is 0 Å². The molecule has 0 radical (unpaired) electrons. The van der Waals surface area contributed by atoms with Crippen LogP contribution < -0.4 is 5.32 Å². The number of aromatic nitrogens is 4. The monoisotopic (exact) mass is 259 g/mol. The molecule has 0 amide bonds. The molecule has 1 N–H and O–H groups in total. The van der Waals surface area contributed by atoms with E-state index in [4.69, 9.17) is 0 Å². The Balaban J connectivity index is 1.98. The van der Waals surface area contributed by atoms with Gasteiger partial charge in [-0.3, -0.25) is 9.36 Å². The Morgan fingerprint density at radius 3 is 2.58 bits per heavy atom. The molecule has 1 aliphatic rings. The van der Waals surface area contributed by atoms with Crippen LogP contribution in [-0.2, 0) is 20.6 Å². The minimum atomic E-state index is 0.712. The van der Waals surface area contributed by atoms with Gasteiger partial charge >= 0.3 is 0 Å². The number of hydrogen-bond acceptors (Lipinski definition) is 3. The molecule has 5 heteroatoms. The van der Waals surface area contributed by atoms with E-state index in [9.17, 15) is 0 Å². The van der Waals surface area contributed by atoms with Gasteiger partial charge in [-0.25, -0.2) is 0 Å². The molecule has 0 aromatic carbocycles. The summed E-state index contributed by atoms with van der Waals surface area (Å²) in [5.41, 5.74) is 5.72. The second kappa shape index (κ2) is 4.49. The van der Waals surface area contributed by atoms with Crippen LogP contribution in [0.4, 0.5) is 0 Å².